The maximum absolute atomic E-state index is 13.0. The number of anilines is 1. The molecule has 3 aromatic heterocycles. The molecule has 14 heteroatoms. The molecule has 6 rings (SSSR count). The lowest BCUT2D eigenvalue weighted by molar-refractivity contribution is 0.217. The first-order valence-corrected chi connectivity index (χ1v) is 16.9. The lowest BCUT2D eigenvalue weighted by Crippen LogP contribution is -2.52. The van der Waals surface area contributed by atoms with Gasteiger partial charge >= 0.3 is 6.03 Å². The average Bonchev–Trinajstić information content (AvgIpc) is 3.55. The second-order valence-corrected chi connectivity index (χ2v) is 14.0. The number of rotatable bonds is 9. The summed E-state index contributed by atoms with van der Waals surface area (Å²) < 4.78 is 31.8. The van der Waals surface area contributed by atoms with E-state index < -0.39 is 9.84 Å². The standard InChI is InChI=1S/C30H35ClN8O4S/c1-20-15-23(43-18-21(2)22-7-5-4-6-8-22)17-39-27(20)33-25(36-39)9-12-38-19-30(35-29(38)40)10-13-37(14-11-30)26-16-24(31)32-28(34-26)44(3,41)42/h4-8,15-17,21H,9-14,18-19H2,1-3H3,(H,35,40)/t21-/m0/s1. The molecule has 1 atom stereocenters. The van der Waals surface area contributed by atoms with Gasteiger partial charge in [-0.05, 0) is 37.0 Å². The zero-order valence-corrected chi connectivity index (χ0v) is 26.5. The van der Waals surface area contributed by atoms with E-state index in [0.717, 1.165) is 23.2 Å². The van der Waals surface area contributed by atoms with Gasteiger partial charge in [0.2, 0.25) is 15.0 Å². The lowest BCUT2D eigenvalue weighted by Gasteiger charge is -2.39. The molecule has 2 amide bonds. The van der Waals surface area contributed by atoms with Crippen LogP contribution in [0.1, 0.15) is 42.6 Å². The van der Waals surface area contributed by atoms with Gasteiger partial charge in [0.25, 0.3) is 0 Å². The van der Waals surface area contributed by atoms with Gasteiger partial charge in [0, 0.05) is 50.8 Å². The first kappa shape index (κ1) is 30.1. The van der Waals surface area contributed by atoms with Crippen molar-refractivity contribution in [1.82, 2.24) is 34.8 Å². The van der Waals surface area contributed by atoms with Gasteiger partial charge in [-0.25, -0.2) is 32.7 Å². The van der Waals surface area contributed by atoms with Crippen LogP contribution in [-0.2, 0) is 16.3 Å². The first-order valence-electron chi connectivity index (χ1n) is 14.6. The third kappa shape index (κ3) is 6.43. The van der Waals surface area contributed by atoms with E-state index in [2.05, 4.69) is 39.4 Å². The molecular formula is C30H35ClN8O4S. The average molecular weight is 639 g/mol. The Bertz CT molecular complexity index is 1790. The maximum atomic E-state index is 13.0. The molecule has 5 heterocycles. The number of aromatic nitrogens is 5. The molecule has 2 fully saturated rings. The van der Waals surface area contributed by atoms with Gasteiger partial charge < -0.3 is 19.9 Å². The van der Waals surface area contributed by atoms with E-state index in [0.29, 0.717) is 63.7 Å². The number of hydrogen-bond donors (Lipinski definition) is 1. The Morgan fingerprint density at radius 3 is 2.59 bits per heavy atom. The highest BCUT2D eigenvalue weighted by Crippen LogP contribution is 2.31. The van der Waals surface area contributed by atoms with Crippen molar-refractivity contribution in [3.63, 3.8) is 0 Å². The number of aryl methyl sites for hydroxylation is 1. The molecule has 0 bridgehead atoms. The van der Waals surface area contributed by atoms with Gasteiger partial charge in [-0.3, -0.25) is 0 Å². The number of ether oxygens (including phenoxy) is 1. The number of piperidine rings is 1. The third-order valence-corrected chi connectivity index (χ3v) is 9.34. The Balaban J connectivity index is 1.05. The Kier molecular flexibility index (Phi) is 8.10. The van der Waals surface area contributed by atoms with Crippen molar-refractivity contribution >= 4 is 38.9 Å². The Hall–Kier alpha value is -3.97. The van der Waals surface area contributed by atoms with Gasteiger partial charge in [0.1, 0.15) is 16.7 Å². The SMILES string of the molecule is Cc1cc(OC[C@H](C)c2ccccc2)cn2nc(CCN3CC4(CCN(c5cc(Cl)nc(S(C)(=O)=O)n5)CC4)NC3=O)nc12. The lowest BCUT2D eigenvalue weighted by atomic mass is 9.88. The van der Waals surface area contributed by atoms with Crippen LogP contribution in [0.15, 0.2) is 53.8 Å². The zero-order chi connectivity index (χ0) is 31.1. The van der Waals surface area contributed by atoms with Crippen LogP contribution in [0.4, 0.5) is 10.6 Å². The van der Waals surface area contributed by atoms with E-state index in [1.807, 2.05) is 47.2 Å². The molecule has 12 nitrogen and oxygen atoms in total. The van der Waals surface area contributed by atoms with Crippen LogP contribution in [0, 0.1) is 6.92 Å². The third-order valence-electron chi connectivity index (χ3n) is 8.30. The fourth-order valence-corrected chi connectivity index (χ4v) is 6.56. The second-order valence-electron chi connectivity index (χ2n) is 11.8. The van der Waals surface area contributed by atoms with Crippen LogP contribution in [-0.4, -0.2) is 88.5 Å². The van der Waals surface area contributed by atoms with Crippen LogP contribution >= 0.6 is 11.6 Å². The van der Waals surface area contributed by atoms with Crippen molar-refractivity contribution in [3.8, 4) is 5.75 Å². The van der Waals surface area contributed by atoms with Crippen LogP contribution in [0.25, 0.3) is 5.65 Å². The molecule has 2 aliphatic rings. The highest BCUT2D eigenvalue weighted by atomic mass is 35.5. The number of carbonyl (C=O) groups excluding carboxylic acids is 1. The van der Waals surface area contributed by atoms with E-state index in [-0.39, 0.29) is 27.8 Å². The van der Waals surface area contributed by atoms with Crippen molar-refractivity contribution in [3.05, 3.63) is 70.8 Å². The first-order chi connectivity index (χ1) is 21.0. The van der Waals surface area contributed by atoms with Gasteiger partial charge in [-0.1, -0.05) is 48.9 Å². The zero-order valence-electron chi connectivity index (χ0n) is 24.9. The molecular weight excluding hydrogens is 604 g/mol. The van der Waals surface area contributed by atoms with Crippen LogP contribution in [0.3, 0.4) is 0 Å². The van der Waals surface area contributed by atoms with E-state index in [4.69, 9.17) is 21.3 Å². The predicted molar refractivity (Wildman–Crippen MR) is 166 cm³/mol. The molecule has 0 aliphatic carbocycles. The molecule has 0 saturated carbocycles. The molecule has 0 radical (unpaired) electrons. The minimum absolute atomic E-state index is 0.0770. The largest absolute Gasteiger partial charge is 0.491 e. The molecule has 0 unspecified atom stereocenters. The van der Waals surface area contributed by atoms with Crippen molar-refractivity contribution in [2.24, 2.45) is 0 Å². The molecule has 1 aromatic carbocycles. The number of halogens is 1. The number of sulfone groups is 1. The monoisotopic (exact) mass is 638 g/mol. The topological polar surface area (TPSA) is 135 Å². The van der Waals surface area contributed by atoms with Gasteiger partial charge in [-0.15, -0.1) is 0 Å². The number of nitrogens with one attached hydrogen (secondary N) is 1. The normalized spacial score (nSPS) is 17.3. The number of nitrogens with zero attached hydrogens (tertiary/aromatic N) is 7. The van der Waals surface area contributed by atoms with Crippen LogP contribution < -0.4 is 15.0 Å². The summed E-state index contributed by atoms with van der Waals surface area (Å²) in [6, 6.07) is 13.7. The quantitative estimate of drug-likeness (QED) is 0.215. The molecule has 2 aliphatic heterocycles. The number of benzene rings is 1. The van der Waals surface area contributed by atoms with Gasteiger partial charge in [-0.2, -0.15) is 5.10 Å². The number of amides is 2. The summed E-state index contributed by atoms with van der Waals surface area (Å²) in [6.07, 6.45) is 4.79. The van der Waals surface area contributed by atoms with Crippen molar-refractivity contribution in [2.75, 3.05) is 43.9 Å². The summed E-state index contributed by atoms with van der Waals surface area (Å²) in [5.41, 5.74) is 2.59. The molecule has 2 saturated heterocycles. The van der Waals surface area contributed by atoms with Gasteiger partial charge in [0.15, 0.2) is 11.5 Å². The summed E-state index contributed by atoms with van der Waals surface area (Å²) in [5, 5.41) is 7.66. The highest BCUT2D eigenvalue weighted by molar-refractivity contribution is 7.90. The minimum Gasteiger partial charge on any atom is -0.491 e. The van der Waals surface area contributed by atoms with E-state index >= 15 is 0 Å². The second kappa shape index (κ2) is 11.8. The number of pyridine rings is 1. The van der Waals surface area contributed by atoms with Crippen molar-refractivity contribution in [2.45, 2.75) is 49.7 Å². The fourth-order valence-electron chi connectivity index (χ4n) is 5.80. The summed E-state index contributed by atoms with van der Waals surface area (Å²) in [4.78, 5) is 29.5. The number of carbonyl (C=O) groups is 1. The predicted octanol–water partition coefficient (Wildman–Crippen LogP) is 3.67. The molecule has 4 aromatic rings. The van der Waals surface area contributed by atoms with Crippen LogP contribution in [0.5, 0.6) is 5.75 Å². The minimum atomic E-state index is -3.60. The van der Waals surface area contributed by atoms with Crippen molar-refractivity contribution < 1.29 is 17.9 Å². The highest BCUT2D eigenvalue weighted by Gasteiger charge is 2.44. The molecule has 232 valence electrons. The van der Waals surface area contributed by atoms with Crippen molar-refractivity contribution in [1.29, 1.82) is 0 Å². The Morgan fingerprint density at radius 1 is 1.11 bits per heavy atom. The number of urea groups is 1. The fraction of sp³-hybridized carbons (Fsp3) is 0.433. The summed E-state index contributed by atoms with van der Waals surface area (Å²) in [6.45, 7) is 6.92. The van der Waals surface area contributed by atoms with E-state index in [1.54, 1.807) is 10.6 Å². The number of fused-ring (bicyclic) bond motifs is 1. The van der Waals surface area contributed by atoms with Crippen LogP contribution in [0.2, 0.25) is 5.15 Å². The van der Waals surface area contributed by atoms with Gasteiger partial charge in [0.05, 0.1) is 18.3 Å². The summed E-state index contributed by atoms with van der Waals surface area (Å²) in [7, 11) is -3.60. The summed E-state index contributed by atoms with van der Waals surface area (Å²) >= 11 is 6.08. The van der Waals surface area contributed by atoms with E-state index in [9.17, 15) is 13.2 Å². The van der Waals surface area contributed by atoms with E-state index in [1.165, 1.54) is 5.56 Å². The Morgan fingerprint density at radius 2 is 1.86 bits per heavy atom. The summed E-state index contributed by atoms with van der Waals surface area (Å²) in [5.74, 6) is 2.11. The molecule has 1 N–H and O–H groups in total. The Labute approximate surface area is 261 Å². The molecule has 1 spiro atoms. The molecule has 44 heavy (non-hydrogen) atoms. The number of hydrogen-bond acceptors (Lipinski definition) is 9. The maximum Gasteiger partial charge on any atom is 0.317 e. The smallest absolute Gasteiger partial charge is 0.317 e.